The average Bonchev–Trinajstić information content (AvgIpc) is 3.29. The van der Waals surface area contributed by atoms with Gasteiger partial charge < -0.3 is 25.3 Å². The molecular weight excluding hydrogens is 478 g/mol. The Morgan fingerprint density at radius 2 is 2.00 bits per heavy atom. The third-order valence-corrected chi connectivity index (χ3v) is 6.16. The smallest absolute Gasteiger partial charge is 0.248 e. The molecule has 32 heavy (non-hydrogen) atoms. The first-order chi connectivity index (χ1) is 15.4. The van der Waals surface area contributed by atoms with Crippen LogP contribution in [0, 0.1) is 11.3 Å². The van der Waals surface area contributed by atoms with Crippen molar-refractivity contribution in [2.75, 3.05) is 11.4 Å². The second kappa shape index (κ2) is 6.96. The van der Waals surface area contributed by atoms with E-state index in [1.807, 2.05) is 30.3 Å². The van der Waals surface area contributed by atoms with Crippen molar-refractivity contribution >= 4 is 33.5 Å². The summed E-state index contributed by atoms with van der Waals surface area (Å²) in [6, 6.07) is 15.9. The van der Waals surface area contributed by atoms with Gasteiger partial charge in [0, 0.05) is 21.3 Å². The maximum absolute atomic E-state index is 14.0. The maximum atomic E-state index is 14.0. The van der Waals surface area contributed by atoms with Crippen molar-refractivity contribution in [3.8, 4) is 23.2 Å². The molecule has 1 unspecified atom stereocenters. The summed E-state index contributed by atoms with van der Waals surface area (Å²) in [5.74, 6) is -2.31. The molecule has 3 N–H and O–H groups in total. The highest BCUT2D eigenvalue weighted by atomic mass is 79.9. The molecule has 3 aromatic rings. The Morgan fingerprint density at radius 1 is 1.28 bits per heavy atom. The van der Waals surface area contributed by atoms with Crippen LogP contribution in [0.4, 0.5) is 5.69 Å². The highest BCUT2D eigenvalue weighted by molar-refractivity contribution is 9.10. The number of carboxylic acid groups (broad SMARTS) is 1. The molecule has 158 valence electrons. The summed E-state index contributed by atoms with van der Waals surface area (Å²) in [7, 11) is 0. The minimum absolute atomic E-state index is 0.0397. The molecule has 2 aromatic carbocycles. The molecule has 10 heteroatoms. The van der Waals surface area contributed by atoms with Gasteiger partial charge in [-0.15, -0.1) is 5.10 Å². The fourth-order valence-electron chi connectivity index (χ4n) is 4.40. The van der Waals surface area contributed by atoms with Crippen molar-refractivity contribution in [1.82, 2.24) is 10.2 Å². The quantitative estimate of drug-likeness (QED) is 0.561. The number of ether oxygens (including phenoxy) is 1. The van der Waals surface area contributed by atoms with E-state index in [-0.39, 0.29) is 17.3 Å². The van der Waals surface area contributed by atoms with Gasteiger partial charge in [0.05, 0.1) is 23.8 Å². The van der Waals surface area contributed by atoms with Gasteiger partial charge in [-0.1, -0.05) is 46.3 Å². The zero-order valence-electron chi connectivity index (χ0n) is 16.3. The largest absolute Gasteiger partial charge is 0.548 e. The number of rotatable bonds is 3. The SMILES string of the molecule is N#CC1=C(N)Oc2n[nH]c(-c3ccc(Br)cc3)c2C12C(=O)N(CC(=O)[O-])c1ccccc12. The van der Waals surface area contributed by atoms with Crippen LogP contribution in [0.25, 0.3) is 11.3 Å². The lowest BCUT2D eigenvalue weighted by Gasteiger charge is -2.33. The third kappa shape index (κ3) is 2.52. The molecule has 1 spiro atoms. The van der Waals surface area contributed by atoms with Crippen LogP contribution in [-0.2, 0) is 15.0 Å². The minimum atomic E-state index is -1.73. The molecule has 0 bridgehead atoms. The highest BCUT2D eigenvalue weighted by Gasteiger charge is 2.61. The molecule has 2 aliphatic heterocycles. The molecule has 0 saturated heterocycles. The summed E-state index contributed by atoms with van der Waals surface area (Å²) in [6.07, 6.45) is 0. The van der Waals surface area contributed by atoms with Crippen LogP contribution >= 0.6 is 15.9 Å². The number of carboxylic acids is 1. The van der Waals surface area contributed by atoms with Crippen molar-refractivity contribution in [1.29, 1.82) is 5.26 Å². The minimum Gasteiger partial charge on any atom is -0.548 e. The average molecular weight is 491 g/mol. The van der Waals surface area contributed by atoms with E-state index in [1.54, 1.807) is 24.3 Å². The molecule has 0 saturated carbocycles. The number of carbonyl (C=O) groups is 2. The van der Waals surface area contributed by atoms with E-state index in [4.69, 9.17) is 10.5 Å². The molecule has 2 aliphatic rings. The number of nitriles is 1. The van der Waals surface area contributed by atoms with Crippen LogP contribution in [0.2, 0.25) is 0 Å². The summed E-state index contributed by atoms with van der Waals surface area (Å²) in [6.45, 7) is -0.683. The van der Waals surface area contributed by atoms with Gasteiger partial charge in [0.1, 0.15) is 17.1 Å². The van der Waals surface area contributed by atoms with Crippen molar-refractivity contribution in [2.45, 2.75) is 5.41 Å². The lowest BCUT2D eigenvalue weighted by Crippen LogP contribution is -2.48. The number of benzene rings is 2. The third-order valence-electron chi connectivity index (χ3n) is 5.63. The first-order valence-corrected chi connectivity index (χ1v) is 10.2. The van der Waals surface area contributed by atoms with Gasteiger partial charge in [0.25, 0.3) is 0 Å². The van der Waals surface area contributed by atoms with Crippen LogP contribution in [0.3, 0.4) is 0 Å². The van der Waals surface area contributed by atoms with Crippen molar-refractivity contribution < 1.29 is 19.4 Å². The lowest BCUT2D eigenvalue weighted by atomic mass is 9.68. The Morgan fingerprint density at radius 3 is 2.69 bits per heavy atom. The zero-order valence-corrected chi connectivity index (χ0v) is 17.8. The Labute approximate surface area is 189 Å². The number of nitrogens with zero attached hydrogens (tertiary/aromatic N) is 3. The fourth-order valence-corrected chi connectivity index (χ4v) is 4.66. The van der Waals surface area contributed by atoms with E-state index in [1.165, 1.54) is 0 Å². The van der Waals surface area contributed by atoms with Gasteiger partial charge >= 0.3 is 0 Å². The number of hydrogen-bond donors (Lipinski definition) is 2. The van der Waals surface area contributed by atoms with Crippen molar-refractivity contribution in [3.63, 3.8) is 0 Å². The maximum Gasteiger partial charge on any atom is 0.248 e. The number of halogens is 1. The second-order valence-electron chi connectivity index (χ2n) is 7.27. The summed E-state index contributed by atoms with van der Waals surface area (Å²) < 4.78 is 6.46. The number of aromatic amines is 1. The number of nitrogens with one attached hydrogen (secondary N) is 1. The normalized spacial score (nSPS) is 18.9. The van der Waals surface area contributed by atoms with E-state index in [0.29, 0.717) is 28.1 Å². The monoisotopic (exact) mass is 490 g/mol. The van der Waals surface area contributed by atoms with Crippen LogP contribution in [-0.4, -0.2) is 28.6 Å². The molecule has 1 amide bonds. The number of hydrogen-bond acceptors (Lipinski definition) is 7. The van der Waals surface area contributed by atoms with E-state index >= 15 is 0 Å². The van der Waals surface area contributed by atoms with Gasteiger partial charge in [-0.25, -0.2) is 0 Å². The van der Waals surface area contributed by atoms with Gasteiger partial charge in [-0.05, 0) is 18.2 Å². The Hall–Kier alpha value is -4.10. The van der Waals surface area contributed by atoms with E-state index in [9.17, 15) is 20.0 Å². The van der Waals surface area contributed by atoms with Gasteiger partial charge in [-0.2, -0.15) is 5.26 Å². The fraction of sp³-hybridized carbons (Fsp3) is 0.0909. The Kier molecular flexibility index (Phi) is 4.32. The van der Waals surface area contributed by atoms with Crippen LogP contribution in [0.5, 0.6) is 5.88 Å². The number of amides is 1. The highest BCUT2D eigenvalue weighted by Crippen LogP contribution is 2.56. The topological polar surface area (TPSA) is 148 Å². The lowest BCUT2D eigenvalue weighted by molar-refractivity contribution is -0.303. The van der Waals surface area contributed by atoms with Crippen molar-refractivity contribution in [3.05, 3.63) is 75.6 Å². The molecule has 9 nitrogen and oxygen atoms in total. The number of carbonyl (C=O) groups excluding carboxylic acids is 2. The molecule has 1 aromatic heterocycles. The predicted octanol–water partition coefficient (Wildman–Crippen LogP) is 1.31. The van der Waals surface area contributed by atoms with E-state index in [2.05, 4.69) is 26.1 Å². The molecular formula is C22H13BrN5O4-. The summed E-state index contributed by atoms with van der Waals surface area (Å²) in [5.41, 5.74) is 6.39. The number of nitrogens with two attached hydrogens (primary N) is 1. The summed E-state index contributed by atoms with van der Waals surface area (Å²) >= 11 is 3.39. The summed E-state index contributed by atoms with van der Waals surface area (Å²) in [4.78, 5) is 26.5. The number of para-hydroxylation sites is 1. The number of aromatic nitrogens is 2. The Balaban J connectivity index is 1.87. The summed E-state index contributed by atoms with van der Waals surface area (Å²) in [5, 5.41) is 28.6. The van der Waals surface area contributed by atoms with Gasteiger partial charge in [0.15, 0.2) is 0 Å². The van der Waals surface area contributed by atoms with Crippen molar-refractivity contribution in [2.24, 2.45) is 5.73 Å². The molecule has 0 fully saturated rings. The van der Waals surface area contributed by atoms with Crippen LogP contribution in [0.1, 0.15) is 11.1 Å². The molecule has 0 aliphatic carbocycles. The van der Waals surface area contributed by atoms with Crippen LogP contribution in [0.15, 0.2) is 64.5 Å². The number of anilines is 1. The molecule has 3 heterocycles. The standard InChI is InChI=1S/C22H14BrN5O4/c23-12-7-5-11(6-8-12)18-17-20(27-26-18)32-19(25)14(9-24)22(17)13-3-1-2-4-15(13)28(21(22)31)10-16(29)30/h1-8H,10,25H2,(H,26,27)(H,29,30)/p-1. The molecule has 0 radical (unpaired) electrons. The van der Waals surface area contributed by atoms with Crippen LogP contribution < -0.4 is 20.5 Å². The van der Waals surface area contributed by atoms with Gasteiger partial charge in [-0.3, -0.25) is 9.89 Å². The first kappa shape index (κ1) is 19.8. The number of H-pyrrole nitrogens is 1. The second-order valence-corrected chi connectivity index (χ2v) is 8.18. The number of aliphatic carboxylic acids is 1. The Bertz CT molecular complexity index is 1370. The van der Waals surface area contributed by atoms with Gasteiger partial charge in [0.2, 0.25) is 17.7 Å². The molecule has 5 rings (SSSR count). The first-order valence-electron chi connectivity index (χ1n) is 9.43. The van der Waals surface area contributed by atoms with E-state index < -0.39 is 23.8 Å². The number of fused-ring (bicyclic) bond motifs is 4. The van der Waals surface area contributed by atoms with E-state index in [0.717, 1.165) is 9.37 Å². The zero-order chi connectivity index (χ0) is 22.6. The predicted molar refractivity (Wildman–Crippen MR) is 114 cm³/mol. The molecule has 1 atom stereocenters.